The van der Waals surface area contributed by atoms with Gasteiger partial charge in [0.05, 0.1) is 0 Å². The van der Waals surface area contributed by atoms with Crippen molar-refractivity contribution in [2.45, 2.75) is 78.6 Å². The van der Waals surface area contributed by atoms with Crippen LogP contribution >= 0.6 is 0 Å². The third-order valence-corrected chi connectivity index (χ3v) is 5.06. The summed E-state index contributed by atoms with van der Waals surface area (Å²) >= 11 is 0. The monoisotopic (exact) mass is 408 g/mol. The van der Waals surface area contributed by atoms with Gasteiger partial charge in [0.25, 0.3) is 0 Å². The van der Waals surface area contributed by atoms with Gasteiger partial charge in [-0.15, -0.1) is 0 Å². The minimum absolute atomic E-state index is 0.0171. The summed E-state index contributed by atoms with van der Waals surface area (Å²) in [5.41, 5.74) is -0.0107. The van der Waals surface area contributed by atoms with E-state index in [4.69, 9.17) is 5.11 Å². The van der Waals surface area contributed by atoms with Crippen molar-refractivity contribution in [3.8, 4) is 0 Å². The largest absolute Gasteiger partial charge is 0.478 e. The van der Waals surface area contributed by atoms with Gasteiger partial charge in [0, 0.05) is 28.6 Å². The van der Waals surface area contributed by atoms with Crippen LogP contribution in [0.4, 0.5) is 0 Å². The maximum atomic E-state index is 11.8. The Hall–Kier alpha value is -2.37. The van der Waals surface area contributed by atoms with Crippen LogP contribution in [0.15, 0.2) is 35.5 Å². The molecule has 0 radical (unpaired) electrons. The van der Waals surface area contributed by atoms with Gasteiger partial charge in [-0.05, 0) is 13.3 Å². The number of carbonyl (C=O) groups is 3. The number of carboxylic acids is 3. The summed E-state index contributed by atoms with van der Waals surface area (Å²) < 4.78 is 0. The molecule has 0 aliphatic rings. The SMILES string of the molecule is C=C(C(=O)O)C(C)C=C(C(=O)O)C(C=C(C)C(=O)O)CCCCCCCCCC. The Kier molecular flexibility index (Phi) is 13.4. The number of hydrogen-bond donors (Lipinski definition) is 3. The van der Waals surface area contributed by atoms with Gasteiger partial charge in [-0.3, -0.25) is 0 Å². The molecule has 0 heterocycles. The highest BCUT2D eigenvalue weighted by molar-refractivity contribution is 5.91. The van der Waals surface area contributed by atoms with E-state index in [-0.39, 0.29) is 16.7 Å². The zero-order chi connectivity index (χ0) is 22.4. The zero-order valence-corrected chi connectivity index (χ0v) is 17.9. The predicted molar refractivity (Wildman–Crippen MR) is 114 cm³/mol. The van der Waals surface area contributed by atoms with Crippen LogP contribution in [0.25, 0.3) is 0 Å². The minimum atomic E-state index is -1.18. The molecule has 0 bridgehead atoms. The Morgan fingerprint density at radius 2 is 1.34 bits per heavy atom. The molecule has 6 heteroatoms. The van der Waals surface area contributed by atoms with Crippen LogP contribution in [0.3, 0.4) is 0 Å². The molecule has 6 nitrogen and oxygen atoms in total. The quantitative estimate of drug-likeness (QED) is 0.231. The maximum absolute atomic E-state index is 11.8. The van der Waals surface area contributed by atoms with Crippen molar-refractivity contribution >= 4 is 17.9 Å². The molecule has 2 atom stereocenters. The highest BCUT2D eigenvalue weighted by atomic mass is 16.4. The van der Waals surface area contributed by atoms with Crippen LogP contribution in [0.2, 0.25) is 0 Å². The van der Waals surface area contributed by atoms with E-state index in [2.05, 4.69) is 13.5 Å². The fraction of sp³-hybridized carbons (Fsp3) is 0.609. The van der Waals surface area contributed by atoms with Crippen molar-refractivity contribution in [2.75, 3.05) is 0 Å². The second-order valence-electron chi connectivity index (χ2n) is 7.57. The summed E-state index contributed by atoms with van der Waals surface area (Å²) in [6.07, 6.45) is 12.2. The van der Waals surface area contributed by atoms with E-state index < -0.39 is 29.7 Å². The van der Waals surface area contributed by atoms with E-state index in [0.29, 0.717) is 6.42 Å². The summed E-state index contributed by atoms with van der Waals surface area (Å²) in [7, 11) is 0. The van der Waals surface area contributed by atoms with E-state index in [1.165, 1.54) is 44.8 Å². The molecule has 0 saturated heterocycles. The van der Waals surface area contributed by atoms with Crippen molar-refractivity contribution in [3.63, 3.8) is 0 Å². The van der Waals surface area contributed by atoms with E-state index >= 15 is 0 Å². The highest BCUT2D eigenvalue weighted by Gasteiger charge is 2.22. The fourth-order valence-electron chi connectivity index (χ4n) is 3.12. The first kappa shape index (κ1) is 26.6. The average molecular weight is 409 g/mol. The van der Waals surface area contributed by atoms with Gasteiger partial charge in [-0.2, -0.15) is 0 Å². The molecule has 0 aromatic rings. The van der Waals surface area contributed by atoms with Crippen molar-refractivity contribution in [1.82, 2.24) is 0 Å². The molecule has 2 unspecified atom stereocenters. The van der Waals surface area contributed by atoms with Gasteiger partial charge in [0.15, 0.2) is 0 Å². The van der Waals surface area contributed by atoms with Crippen LogP contribution in [0.5, 0.6) is 0 Å². The highest BCUT2D eigenvalue weighted by Crippen LogP contribution is 2.26. The number of carboxylic acid groups (broad SMARTS) is 3. The lowest BCUT2D eigenvalue weighted by atomic mass is 9.87. The van der Waals surface area contributed by atoms with Gasteiger partial charge in [0.2, 0.25) is 0 Å². The minimum Gasteiger partial charge on any atom is -0.478 e. The van der Waals surface area contributed by atoms with Crippen molar-refractivity contribution in [2.24, 2.45) is 11.8 Å². The summed E-state index contributed by atoms with van der Waals surface area (Å²) in [5.74, 6) is -4.71. The average Bonchev–Trinajstić information content (AvgIpc) is 2.65. The fourth-order valence-corrected chi connectivity index (χ4v) is 3.12. The zero-order valence-electron chi connectivity index (χ0n) is 17.9. The Labute approximate surface area is 174 Å². The summed E-state index contributed by atoms with van der Waals surface area (Å²) in [4.78, 5) is 34.2. The number of aliphatic carboxylic acids is 3. The van der Waals surface area contributed by atoms with Gasteiger partial charge in [0.1, 0.15) is 0 Å². The molecule has 0 rings (SSSR count). The third-order valence-electron chi connectivity index (χ3n) is 5.06. The second-order valence-corrected chi connectivity index (χ2v) is 7.57. The molecular weight excluding hydrogens is 372 g/mol. The first-order valence-electron chi connectivity index (χ1n) is 10.4. The Balaban J connectivity index is 5.23. The molecule has 0 amide bonds. The van der Waals surface area contributed by atoms with E-state index in [9.17, 15) is 24.6 Å². The molecule has 0 aliphatic carbocycles. The first-order chi connectivity index (χ1) is 13.6. The molecule has 0 aromatic carbocycles. The molecule has 0 saturated carbocycles. The summed E-state index contributed by atoms with van der Waals surface area (Å²) in [5, 5.41) is 27.9. The number of unbranched alkanes of at least 4 members (excludes halogenated alkanes) is 7. The van der Waals surface area contributed by atoms with Crippen molar-refractivity contribution < 1.29 is 29.7 Å². The van der Waals surface area contributed by atoms with Crippen molar-refractivity contribution in [3.05, 3.63) is 35.5 Å². The van der Waals surface area contributed by atoms with E-state index in [1.807, 2.05) is 0 Å². The van der Waals surface area contributed by atoms with Crippen LogP contribution in [-0.2, 0) is 14.4 Å². The van der Waals surface area contributed by atoms with Crippen LogP contribution in [-0.4, -0.2) is 33.2 Å². The van der Waals surface area contributed by atoms with Crippen molar-refractivity contribution in [1.29, 1.82) is 0 Å². The van der Waals surface area contributed by atoms with E-state index in [0.717, 1.165) is 25.7 Å². The Morgan fingerprint density at radius 1 is 0.828 bits per heavy atom. The summed E-state index contributed by atoms with van der Waals surface area (Å²) in [6, 6.07) is 0. The maximum Gasteiger partial charge on any atom is 0.331 e. The molecule has 29 heavy (non-hydrogen) atoms. The van der Waals surface area contributed by atoms with Gasteiger partial charge in [-0.1, -0.05) is 83.9 Å². The van der Waals surface area contributed by atoms with Crippen LogP contribution in [0.1, 0.15) is 78.6 Å². The number of hydrogen-bond acceptors (Lipinski definition) is 3. The number of rotatable bonds is 16. The third kappa shape index (κ3) is 11.3. The Morgan fingerprint density at radius 3 is 1.79 bits per heavy atom. The molecule has 0 aromatic heterocycles. The Bertz CT molecular complexity index is 629. The molecular formula is C23H36O6. The van der Waals surface area contributed by atoms with Gasteiger partial charge >= 0.3 is 17.9 Å². The molecule has 0 fully saturated rings. The lowest BCUT2D eigenvalue weighted by molar-refractivity contribution is -0.134. The topological polar surface area (TPSA) is 112 Å². The smallest absolute Gasteiger partial charge is 0.331 e. The lowest BCUT2D eigenvalue weighted by Gasteiger charge is -2.17. The molecule has 3 N–H and O–H groups in total. The van der Waals surface area contributed by atoms with Gasteiger partial charge in [-0.25, -0.2) is 14.4 Å². The van der Waals surface area contributed by atoms with Crippen LogP contribution < -0.4 is 0 Å². The van der Waals surface area contributed by atoms with Crippen LogP contribution in [0, 0.1) is 11.8 Å². The number of allylic oxidation sites excluding steroid dienone is 2. The summed E-state index contributed by atoms with van der Waals surface area (Å²) in [6.45, 7) is 8.66. The predicted octanol–water partition coefficient (Wildman–Crippen LogP) is 5.45. The molecule has 0 spiro atoms. The molecule has 0 aliphatic heterocycles. The second kappa shape index (κ2) is 14.6. The van der Waals surface area contributed by atoms with Gasteiger partial charge < -0.3 is 15.3 Å². The normalized spacial score (nSPS) is 14.3. The standard InChI is InChI=1S/C23H36O6/c1-5-6-7-8-9-10-11-12-13-19(14-17(3)21(24)25)20(23(28)29)15-16(2)18(4)22(26)27/h14-16,19H,4-13H2,1-3H3,(H,24,25)(H,26,27)(H,28,29). The molecule has 164 valence electrons. The van der Waals surface area contributed by atoms with E-state index in [1.54, 1.807) is 6.92 Å². The lowest BCUT2D eigenvalue weighted by Crippen LogP contribution is -2.16. The first-order valence-corrected chi connectivity index (χ1v) is 10.4.